The Bertz CT molecular complexity index is 811. The quantitative estimate of drug-likeness (QED) is 0.489. The molecule has 0 spiro atoms. The van der Waals surface area contributed by atoms with Crippen molar-refractivity contribution in [3.8, 4) is 0 Å². The van der Waals surface area contributed by atoms with Crippen LogP contribution < -0.4 is 10.4 Å². The molecule has 1 aromatic heterocycles. The summed E-state index contributed by atoms with van der Waals surface area (Å²) in [7, 11) is -2.55. The molecule has 0 bridgehead atoms. The van der Waals surface area contributed by atoms with Gasteiger partial charge >= 0.3 is 0 Å². The number of aromatic nitrogens is 2. The molecule has 0 aliphatic heterocycles. The van der Waals surface area contributed by atoms with Gasteiger partial charge < -0.3 is 4.43 Å². The summed E-state index contributed by atoms with van der Waals surface area (Å²) < 4.78 is 6.80. The van der Waals surface area contributed by atoms with E-state index >= 15 is 0 Å². The third-order valence-electron chi connectivity index (χ3n) is 4.54. The third-order valence-corrected chi connectivity index (χ3v) is 9.70. The summed E-state index contributed by atoms with van der Waals surface area (Å²) in [5.74, 6) is 0. The molecule has 1 heterocycles. The maximum absolute atomic E-state index is 6.80. The molecule has 0 aliphatic carbocycles. The Morgan fingerprint density at radius 2 is 1.42 bits per heavy atom. The highest BCUT2D eigenvalue weighted by atomic mass is 35.5. The first-order valence-electron chi connectivity index (χ1n) is 8.66. The Hall–Kier alpha value is -2.01. The Balaban J connectivity index is 2.11. The summed E-state index contributed by atoms with van der Waals surface area (Å²) in [5.41, 5.74) is 0.790. The van der Waals surface area contributed by atoms with Crippen LogP contribution in [0, 0.1) is 0 Å². The molecule has 2 aromatic carbocycles. The molecule has 0 N–H and O–H groups in total. The Kier molecular flexibility index (Phi) is 5.56. The average molecular weight is 383 g/mol. The van der Waals surface area contributed by atoms with Gasteiger partial charge in [-0.15, -0.1) is 0 Å². The number of nitrogens with zero attached hydrogens (tertiary/aromatic N) is 2. The fraction of sp³-hybridized carbons (Fsp3) is 0.238. The molecule has 5 heteroatoms. The van der Waals surface area contributed by atoms with E-state index < -0.39 is 8.32 Å². The number of hydrogen-bond acceptors (Lipinski definition) is 3. The maximum Gasteiger partial charge on any atom is 0.261 e. The summed E-state index contributed by atoms with van der Waals surface area (Å²) in [4.78, 5) is 8.26. The first-order chi connectivity index (χ1) is 12.4. The first kappa shape index (κ1) is 18.8. The highest BCUT2D eigenvalue weighted by Crippen LogP contribution is 2.37. The summed E-state index contributed by atoms with van der Waals surface area (Å²) in [6.45, 7) is 7.17. The zero-order valence-electron chi connectivity index (χ0n) is 15.3. The molecule has 0 saturated heterocycles. The largest absolute Gasteiger partial charge is 0.401 e. The van der Waals surface area contributed by atoms with Gasteiger partial charge in [0.2, 0.25) is 5.28 Å². The van der Waals surface area contributed by atoms with Gasteiger partial charge in [0.25, 0.3) is 8.32 Å². The van der Waals surface area contributed by atoms with Gasteiger partial charge in [0.1, 0.15) is 0 Å². The van der Waals surface area contributed by atoms with E-state index in [4.69, 9.17) is 16.0 Å². The molecule has 0 fully saturated rings. The lowest BCUT2D eigenvalue weighted by Gasteiger charge is -2.43. The van der Waals surface area contributed by atoms with Crippen LogP contribution in [-0.4, -0.2) is 18.3 Å². The van der Waals surface area contributed by atoms with Gasteiger partial charge in [-0.1, -0.05) is 81.4 Å². The number of benzene rings is 2. The van der Waals surface area contributed by atoms with Crippen LogP contribution in [-0.2, 0) is 11.0 Å². The molecule has 0 radical (unpaired) electrons. The monoisotopic (exact) mass is 382 g/mol. The summed E-state index contributed by atoms with van der Waals surface area (Å²) in [6, 6.07) is 23.0. The molecule has 3 rings (SSSR count). The van der Waals surface area contributed by atoms with Crippen molar-refractivity contribution in [2.45, 2.75) is 32.4 Å². The van der Waals surface area contributed by atoms with Gasteiger partial charge in [-0.3, -0.25) is 0 Å². The predicted molar refractivity (Wildman–Crippen MR) is 109 cm³/mol. The van der Waals surface area contributed by atoms with E-state index in [2.05, 4.69) is 79.3 Å². The summed E-state index contributed by atoms with van der Waals surface area (Å²) in [5, 5.41) is 2.68. The van der Waals surface area contributed by atoms with E-state index in [-0.39, 0.29) is 10.3 Å². The van der Waals surface area contributed by atoms with E-state index in [9.17, 15) is 0 Å². The van der Waals surface area contributed by atoms with Gasteiger partial charge in [0.15, 0.2) is 0 Å². The topological polar surface area (TPSA) is 35.0 Å². The van der Waals surface area contributed by atoms with E-state index in [0.29, 0.717) is 6.61 Å². The minimum absolute atomic E-state index is 0.0630. The second kappa shape index (κ2) is 7.70. The average Bonchev–Trinajstić information content (AvgIpc) is 2.63. The van der Waals surface area contributed by atoms with Crippen LogP contribution in [0.5, 0.6) is 0 Å². The van der Waals surface area contributed by atoms with Crippen molar-refractivity contribution in [2.24, 2.45) is 0 Å². The normalized spacial score (nSPS) is 12.2. The fourth-order valence-electron chi connectivity index (χ4n) is 3.39. The number of hydrogen-bond donors (Lipinski definition) is 0. The lowest BCUT2D eigenvalue weighted by molar-refractivity contribution is 0.281. The van der Waals surface area contributed by atoms with Gasteiger partial charge in [0, 0.05) is 6.20 Å². The lowest BCUT2D eigenvalue weighted by Crippen LogP contribution is -2.66. The second-order valence-corrected chi connectivity index (χ2v) is 11.9. The van der Waals surface area contributed by atoms with Crippen LogP contribution in [0.3, 0.4) is 0 Å². The van der Waals surface area contributed by atoms with Gasteiger partial charge in [-0.25, -0.2) is 9.97 Å². The molecule has 0 aliphatic rings. The third kappa shape index (κ3) is 3.73. The van der Waals surface area contributed by atoms with Gasteiger partial charge in [-0.2, -0.15) is 0 Å². The summed E-state index contributed by atoms with van der Waals surface area (Å²) in [6.07, 6.45) is 1.67. The smallest absolute Gasteiger partial charge is 0.261 e. The van der Waals surface area contributed by atoms with Crippen LogP contribution in [0.4, 0.5) is 0 Å². The fourth-order valence-corrected chi connectivity index (χ4v) is 8.08. The molecule has 0 unspecified atom stereocenters. The molecule has 3 aromatic rings. The van der Waals surface area contributed by atoms with E-state index in [0.717, 1.165) is 5.69 Å². The van der Waals surface area contributed by atoms with Crippen molar-refractivity contribution in [3.05, 3.63) is 83.9 Å². The van der Waals surface area contributed by atoms with Crippen molar-refractivity contribution < 1.29 is 4.43 Å². The van der Waals surface area contributed by atoms with Crippen molar-refractivity contribution >= 4 is 30.3 Å². The maximum atomic E-state index is 6.80. The minimum Gasteiger partial charge on any atom is -0.401 e. The predicted octanol–water partition coefficient (Wildman–Crippen LogP) is 4.21. The van der Waals surface area contributed by atoms with Gasteiger partial charge in [-0.05, 0) is 33.1 Å². The molecule has 3 nitrogen and oxygen atoms in total. The van der Waals surface area contributed by atoms with Crippen LogP contribution in [0.2, 0.25) is 10.3 Å². The Morgan fingerprint density at radius 1 is 0.885 bits per heavy atom. The Labute approximate surface area is 161 Å². The number of halogens is 1. The molecule has 134 valence electrons. The molecule has 0 atom stereocenters. The Morgan fingerprint density at radius 3 is 1.88 bits per heavy atom. The van der Waals surface area contributed by atoms with Crippen LogP contribution >= 0.6 is 11.6 Å². The second-order valence-electron chi connectivity index (χ2n) is 7.27. The standard InChI is InChI=1S/C21H23ClN2OSi/c1-21(2,3)26(18-10-6-4-7-11-18,19-12-8-5-9-13-19)25-16-17-14-15-23-20(22)24-17/h4-15H,16H2,1-3H3. The SMILES string of the molecule is CC(C)(C)[Si](OCc1ccnc(Cl)n1)(c1ccccc1)c1ccccc1. The molecular formula is C21H23ClN2OSi. The summed E-state index contributed by atoms with van der Waals surface area (Å²) >= 11 is 5.95. The van der Waals surface area contributed by atoms with Crippen LogP contribution in [0.15, 0.2) is 72.9 Å². The first-order valence-corrected chi connectivity index (χ1v) is 10.9. The van der Waals surface area contributed by atoms with Crippen molar-refractivity contribution in [1.29, 1.82) is 0 Å². The lowest BCUT2D eigenvalue weighted by atomic mass is 10.2. The van der Waals surface area contributed by atoms with Crippen LogP contribution in [0.1, 0.15) is 26.5 Å². The molecule has 0 saturated carbocycles. The highest BCUT2D eigenvalue weighted by Gasteiger charge is 2.50. The zero-order chi connectivity index (χ0) is 18.6. The van der Waals surface area contributed by atoms with E-state index in [1.54, 1.807) is 6.20 Å². The minimum atomic E-state index is -2.55. The number of rotatable bonds is 5. The highest BCUT2D eigenvalue weighted by molar-refractivity contribution is 6.99. The van der Waals surface area contributed by atoms with E-state index in [1.807, 2.05) is 18.2 Å². The van der Waals surface area contributed by atoms with E-state index in [1.165, 1.54) is 10.4 Å². The van der Waals surface area contributed by atoms with Crippen molar-refractivity contribution in [2.75, 3.05) is 0 Å². The molecule has 26 heavy (non-hydrogen) atoms. The van der Waals surface area contributed by atoms with Crippen LogP contribution in [0.25, 0.3) is 0 Å². The van der Waals surface area contributed by atoms with Crippen molar-refractivity contribution in [3.63, 3.8) is 0 Å². The molecule has 0 amide bonds. The zero-order valence-corrected chi connectivity index (χ0v) is 17.1. The molecular weight excluding hydrogens is 360 g/mol. The van der Waals surface area contributed by atoms with Gasteiger partial charge in [0.05, 0.1) is 12.3 Å². The van der Waals surface area contributed by atoms with Crippen molar-refractivity contribution in [1.82, 2.24) is 9.97 Å².